The molecule has 0 saturated heterocycles. The van der Waals surface area contributed by atoms with E-state index in [1.807, 2.05) is 24.3 Å². The second kappa shape index (κ2) is 10.7. The predicted molar refractivity (Wildman–Crippen MR) is 202 cm³/mol. The summed E-state index contributed by atoms with van der Waals surface area (Å²) in [6, 6.07) is 39.9. The van der Waals surface area contributed by atoms with Crippen LogP contribution in [0.1, 0.15) is 49.9 Å². The molecule has 5 heteroatoms. The zero-order chi connectivity index (χ0) is 32.7. The van der Waals surface area contributed by atoms with Gasteiger partial charge in [0, 0.05) is 54.0 Å². The van der Waals surface area contributed by atoms with E-state index in [4.69, 9.17) is 28.9 Å². The number of anilines is 3. The fraction of sp³-hybridized carbons (Fsp3) is 0.143. The number of nitrogen functional groups attached to an aromatic ring is 1. The molecule has 9 rings (SSSR count). The molecule has 1 heterocycles. The van der Waals surface area contributed by atoms with E-state index in [0.29, 0.717) is 10.7 Å². The molecule has 0 atom stereocenters. The maximum absolute atomic E-state index is 6.17. The third-order valence-corrected chi connectivity index (χ3v) is 10.6. The Balaban J connectivity index is 0.000000138. The number of aromatic amines is 1. The van der Waals surface area contributed by atoms with Gasteiger partial charge in [0.1, 0.15) is 0 Å². The summed E-state index contributed by atoms with van der Waals surface area (Å²) in [5.74, 6) is 0. The van der Waals surface area contributed by atoms with Crippen LogP contribution in [0, 0.1) is 0 Å². The Labute approximate surface area is 285 Å². The zero-order valence-corrected chi connectivity index (χ0v) is 28.3. The lowest BCUT2D eigenvalue weighted by atomic mass is 9.82. The highest BCUT2D eigenvalue weighted by atomic mass is 35.5. The van der Waals surface area contributed by atoms with Crippen LogP contribution < -0.4 is 11.1 Å². The molecule has 0 fully saturated rings. The van der Waals surface area contributed by atoms with Gasteiger partial charge in [-0.15, -0.1) is 0 Å². The van der Waals surface area contributed by atoms with Crippen molar-refractivity contribution in [1.29, 1.82) is 0 Å². The number of nitrogens with one attached hydrogen (secondary N) is 2. The molecule has 3 nitrogen and oxygen atoms in total. The highest BCUT2D eigenvalue weighted by molar-refractivity contribution is 6.32. The average Bonchev–Trinajstić information content (AvgIpc) is 3.63. The Morgan fingerprint density at radius 2 is 1.13 bits per heavy atom. The number of hydrogen-bond donors (Lipinski definition) is 3. The second-order valence-electron chi connectivity index (χ2n) is 13.7. The van der Waals surface area contributed by atoms with Crippen LogP contribution in [0.25, 0.3) is 44.1 Å². The van der Waals surface area contributed by atoms with E-state index in [2.05, 4.69) is 123 Å². The van der Waals surface area contributed by atoms with E-state index in [1.165, 1.54) is 60.8 Å². The first-order valence-electron chi connectivity index (χ1n) is 16.0. The average molecular weight is 653 g/mol. The van der Waals surface area contributed by atoms with Crippen LogP contribution in [0.3, 0.4) is 0 Å². The third-order valence-electron chi connectivity index (χ3n) is 10.2. The number of nitrogens with two attached hydrogens (primary N) is 1. The van der Waals surface area contributed by atoms with Crippen LogP contribution in [0.15, 0.2) is 115 Å². The Morgan fingerprint density at radius 3 is 1.85 bits per heavy atom. The first-order chi connectivity index (χ1) is 22.6. The van der Waals surface area contributed by atoms with Gasteiger partial charge in [0.15, 0.2) is 0 Å². The van der Waals surface area contributed by atoms with Crippen LogP contribution in [0.4, 0.5) is 17.1 Å². The molecule has 0 bridgehead atoms. The fourth-order valence-electron chi connectivity index (χ4n) is 7.78. The lowest BCUT2D eigenvalue weighted by Crippen LogP contribution is -2.14. The summed E-state index contributed by atoms with van der Waals surface area (Å²) < 4.78 is 0. The lowest BCUT2D eigenvalue weighted by Gasteiger charge is -2.21. The summed E-state index contributed by atoms with van der Waals surface area (Å²) in [6.45, 7) is 9.16. The molecule has 2 aliphatic carbocycles. The molecule has 0 radical (unpaired) electrons. The van der Waals surface area contributed by atoms with Crippen LogP contribution >= 0.6 is 23.2 Å². The quantitative estimate of drug-likeness (QED) is 0.163. The molecule has 0 saturated carbocycles. The molecule has 2 aliphatic rings. The van der Waals surface area contributed by atoms with Crippen molar-refractivity contribution in [2.75, 3.05) is 11.1 Å². The number of aromatic nitrogens is 1. The smallest absolute Gasteiger partial charge is 0.0633 e. The fourth-order valence-corrected chi connectivity index (χ4v) is 8.12. The first kappa shape index (κ1) is 29.7. The number of hydrogen-bond acceptors (Lipinski definition) is 2. The van der Waals surface area contributed by atoms with Crippen molar-refractivity contribution in [3.63, 3.8) is 0 Å². The van der Waals surface area contributed by atoms with E-state index >= 15 is 0 Å². The standard InChI is InChI=1S/C21H19ClN2.C21H16ClN/c1-21(2)15-7-4-3-6-14(15)20-16(21)8-5-9-18(20)24-19-12-13(22)10-11-17(19)23;1-21(2)16-6-4-3-5-15(16)19-17(21)10-9-14-13-8-7-12(22)11-18(13)23-20(14)19/h3-12,24H,23H2,1-2H3;3-11,23H,1-2H3. The van der Waals surface area contributed by atoms with E-state index in [0.717, 1.165) is 21.9 Å². The molecule has 0 amide bonds. The number of benzene rings is 6. The molecule has 232 valence electrons. The van der Waals surface area contributed by atoms with Crippen LogP contribution in [-0.4, -0.2) is 4.98 Å². The summed E-state index contributed by atoms with van der Waals surface area (Å²) in [6.07, 6.45) is 0. The maximum atomic E-state index is 6.17. The van der Waals surface area contributed by atoms with Gasteiger partial charge in [0.25, 0.3) is 0 Å². The third kappa shape index (κ3) is 4.56. The monoisotopic (exact) mass is 651 g/mol. The highest BCUT2D eigenvalue weighted by Crippen LogP contribution is 2.53. The van der Waals surface area contributed by atoms with E-state index in [9.17, 15) is 0 Å². The van der Waals surface area contributed by atoms with Gasteiger partial charge >= 0.3 is 0 Å². The normalized spacial score (nSPS) is 14.6. The van der Waals surface area contributed by atoms with Crippen LogP contribution in [0.2, 0.25) is 10.0 Å². The molecule has 4 N–H and O–H groups in total. The van der Waals surface area contributed by atoms with Crippen molar-refractivity contribution in [1.82, 2.24) is 4.98 Å². The lowest BCUT2D eigenvalue weighted by molar-refractivity contribution is 0.660. The van der Waals surface area contributed by atoms with Gasteiger partial charge in [-0.2, -0.15) is 0 Å². The molecule has 0 unspecified atom stereocenters. The van der Waals surface area contributed by atoms with Crippen molar-refractivity contribution < 1.29 is 0 Å². The van der Waals surface area contributed by atoms with Gasteiger partial charge in [-0.3, -0.25) is 0 Å². The molecular formula is C42H35Cl2N3. The maximum Gasteiger partial charge on any atom is 0.0633 e. The number of H-pyrrole nitrogens is 1. The van der Waals surface area contributed by atoms with Gasteiger partial charge in [0.05, 0.1) is 16.9 Å². The summed E-state index contributed by atoms with van der Waals surface area (Å²) in [7, 11) is 0. The topological polar surface area (TPSA) is 53.8 Å². The second-order valence-corrected chi connectivity index (χ2v) is 14.5. The SMILES string of the molecule is CC1(C)c2ccccc2-c2c(Nc3cc(Cl)ccc3N)cccc21.CC1(C)c2ccccc2-c2c1ccc1c2[nH]c2cc(Cl)ccc21. The van der Waals surface area contributed by atoms with Crippen molar-refractivity contribution in [2.24, 2.45) is 0 Å². The zero-order valence-electron chi connectivity index (χ0n) is 26.8. The number of halogens is 2. The summed E-state index contributed by atoms with van der Waals surface area (Å²) in [5, 5.41) is 7.41. The molecule has 7 aromatic rings. The van der Waals surface area contributed by atoms with Crippen molar-refractivity contribution >= 4 is 62.1 Å². The predicted octanol–water partition coefficient (Wildman–Crippen LogP) is 12.3. The van der Waals surface area contributed by atoms with Crippen molar-refractivity contribution in [2.45, 2.75) is 38.5 Å². The minimum atomic E-state index is -0.0104. The van der Waals surface area contributed by atoms with Gasteiger partial charge < -0.3 is 16.0 Å². The molecule has 6 aromatic carbocycles. The minimum absolute atomic E-state index is 0.0104. The summed E-state index contributed by atoms with van der Waals surface area (Å²) >= 11 is 12.3. The number of rotatable bonds is 2. The van der Waals surface area contributed by atoms with E-state index in [-0.39, 0.29) is 10.8 Å². The summed E-state index contributed by atoms with van der Waals surface area (Å²) in [4.78, 5) is 3.61. The Bertz CT molecular complexity index is 2380. The molecule has 47 heavy (non-hydrogen) atoms. The largest absolute Gasteiger partial charge is 0.397 e. The van der Waals surface area contributed by atoms with E-state index in [1.54, 1.807) is 6.07 Å². The Morgan fingerprint density at radius 1 is 0.553 bits per heavy atom. The Hall–Kier alpha value is -4.70. The number of fused-ring (bicyclic) bond motifs is 10. The first-order valence-corrected chi connectivity index (χ1v) is 16.7. The van der Waals surface area contributed by atoms with Crippen molar-refractivity contribution in [3.05, 3.63) is 148 Å². The van der Waals surface area contributed by atoms with Gasteiger partial charge in [0.2, 0.25) is 0 Å². The minimum Gasteiger partial charge on any atom is -0.397 e. The Kier molecular flexibility index (Phi) is 6.74. The molecular weight excluding hydrogens is 617 g/mol. The van der Waals surface area contributed by atoms with Gasteiger partial charge in [-0.1, -0.05) is 130 Å². The highest BCUT2D eigenvalue weighted by Gasteiger charge is 2.37. The van der Waals surface area contributed by atoms with Crippen molar-refractivity contribution in [3.8, 4) is 22.3 Å². The molecule has 0 aliphatic heterocycles. The van der Waals surface area contributed by atoms with Gasteiger partial charge in [-0.25, -0.2) is 0 Å². The van der Waals surface area contributed by atoms with Gasteiger partial charge in [-0.05, 0) is 69.8 Å². The molecule has 0 spiro atoms. The van der Waals surface area contributed by atoms with Crippen LogP contribution in [0.5, 0.6) is 0 Å². The van der Waals surface area contributed by atoms with E-state index < -0.39 is 0 Å². The molecule has 1 aromatic heterocycles. The summed E-state index contributed by atoms with van der Waals surface area (Å²) in [5.41, 5.74) is 21.7. The van der Waals surface area contributed by atoms with Crippen LogP contribution in [-0.2, 0) is 10.8 Å².